The van der Waals surface area contributed by atoms with Crippen LogP contribution in [-0.4, -0.2) is 24.4 Å². The van der Waals surface area contributed by atoms with Crippen molar-refractivity contribution in [3.8, 4) is 0 Å². The number of rotatable bonds is 0. The van der Waals surface area contributed by atoms with Crippen LogP contribution in [0.1, 0.15) is 0 Å². The molecule has 0 amide bonds. The van der Waals surface area contributed by atoms with Gasteiger partial charge in [-0.05, 0) is 0 Å². The summed E-state index contributed by atoms with van der Waals surface area (Å²) in [6, 6.07) is 0. The summed E-state index contributed by atoms with van der Waals surface area (Å²) in [5, 5.41) is 0. The van der Waals surface area contributed by atoms with Gasteiger partial charge in [0.15, 0.2) is 0 Å². The van der Waals surface area contributed by atoms with Crippen molar-refractivity contribution >= 4 is 24.4 Å². The van der Waals surface area contributed by atoms with Crippen LogP contribution >= 0.6 is 0 Å². The molecular formula is H6Cs3Sb. The molecule has 0 radical (unpaired) electrons. The Hall–Kier alpha value is 6.97. The van der Waals surface area contributed by atoms with E-state index in [4.69, 9.17) is 0 Å². The second kappa shape index (κ2) is 16.5. The van der Waals surface area contributed by atoms with Gasteiger partial charge in [-0.3, -0.25) is 0 Å². The molecule has 0 aliphatic carbocycles. The van der Waals surface area contributed by atoms with Crippen LogP contribution in [-0.2, 0) is 0 Å². The van der Waals surface area contributed by atoms with Crippen LogP contribution in [0.2, 0.25) is 0 Å². The molecule has 0 heterocycles. The molecular weight excluding hydrogens is 520 g/mol. The first kappa shape index (κ1) is 22.4. The third-order valence-electron chi connectivity index (χ3n) is 0. The molecule has 0 fully saturated rings. The fourth-order valence-corrected chi connectivity index (χ4v) is 0. The second-order valence-electron chi connectivity index (χ2n) is 0. The van der Waals surface area contributed by atoms with Crippen LogP contribution in [0.4, 0.5) is 0 Å². The third-order valence-corrected chi connectivity index (χ3v) is 0. The SMILES string of the molecule is [Cs+].[Cs+].[Cs+].[SbH6-3]. The van der Waals surface area contributed by atoms with Gasteiger partial charge in [-0.1, -0.05) is 0 Å². The molecule has 0 aromatic rings. The van der Waals surface area contributed by atoms with E-state index in [1.54, 1.807) is 0 Å². The molecule has 0 aromatic carbocycles. The van der Waals surface area contributed by atoms with Gasteiger partial charge in [-0.25, -0.2) is 0 Å². The van der Waals surface area contributed by atoms with Crippen LogP contribution in [0.5, 0.6) is 0 Å². The molecule has 0 aliphatic heterocycles. The Bertz CT molecular complexity index is 3.25. The van der Waals surface area contributed by atoms with Gasteiger partial charge in [0.1, 0.15) is 0 Å². The zero-order valence-electron chi connectivity index (χ0n) is 3.00. The Labute approximate surface area is 221 Å². The van der Waals surface area contributed by atoms with Crippen LogP contribution in [0, 0.1) is 0 Å². The summed E-state index contributed by atoms with van der Waals surface area (Å²) in [4.78, 5) is 0. The molecule has 0 spiro atoms. The molecule has 0 saturated carbocycles. The van der Waals surface area contributed by atoms with Gasteiger partial charge in [0, 0.05) is 0 Å². The number of hydrogen-bond acceptors (Lipinski definition) is 0. The van der Waals surface area contributed by atoms with E-state index in [1.807, 2.05) is 0 Å². The van der Waals surface area contributed by atoms with Gasteiger partial charge in [0.05, 0.1) is 0 Å². The molecule has 14 valence electrons. The fourth-order valence-electron chi connectivity index (χ4n) is 0. The van der Waals surface area contributed by atoms with Gasteiger partial charge in [0.2, 0.25) is 0 Å². The Kier molecular flexibility index (Phi) is 92.7. The molecule has 0 aromatic heterocycles. The fraction of sp³-hybridized carbons (Fsp3) is 0. The van der Waals surface area contributed by atoms with Crippen molar-refractivity contribution in [1.29, 1.82) is 0 Å². The Morgan fingerprint density at radius 2 is 0.500 bits per heavy atom. The Morgan fingerprint density at radius 1 is 0.500 bits per heavy atom. The van der Waals surface area contributed by atoms with E-state index in [0.29, 0.717) is 0 Å². The molecule has 0 N–H and O–H groups in total. The predicted molar refractivity (Wildman–Crippen MR) is 14.1 cm³/mol. The summed E-state index contributed by atoms with van der Waals surface area (Å²) in [5.41, 5.74) is 0. The van der Waals surface area contributed by atoms with Crippen molar-refractivity contribution in [3.63, 3.8) is 0 Å². The summed E-state index contributed by atoms with van der Waals surface area (Å²) in [6.45, 7) is 0. The summed E-state index contributed by atoms with van der Waals surface area (Å²) in [7, 11) is 0. The zero-order valence-corrected chi connectivity index (χ0v) is 21.8. The zero-order chi connectivity index (χ0) is 0. The minimum absolute atomic E-state index is 0. The second-order valence-corrected chi connectivity index (χ2v) is 0. The van der Waals surface area contributed by atoms with E-state index < -0.39 is 0 Å². The van der Waals surface area contributed by atoms with Gasteiger partial charge < -0.3 is 0 Å². The summed E-state index contributed by atoms with van der Waals surface area (Å²) < 4.78 is 0. The van der Waals surface area contributed by atoms with Crippen LogP contribution < -0.4 is 207 Å². The normalized spacial score (nSPS) is 0. The van der Waals surface area contributed by atoms with Crippen LogP contribution in [0.3, 0.4) is 0 Å². The van der Waals surface area contributed by atoms with Gasteiger partial charge in [-0.2, -0.15) is 0 Å². The molecule has 4 heteroatoms. The quantitative estimate of drug-likeness (QED) is 0.275. The Morgan fingerprint density at radius 3 is 0.500 bits per heavy atom. The van der Waals surface area contributed by atoms with E-state index in [9.17, 15) is 0 Å². The van der Waals surface area contributed by atoms with Crippen molar-refractivity contribution in [3.05, 3.63) is 0 Å². The average Bonchev–Trinajstić information content (AvgIpc) is 0. The predicted octanol–water partition coefficient (Wildman–Crippen LogP) is -11.0. The van der Waals surface area contributed by atoms with Crippen molar-refractivity contribution in [2.45, 2.75) is 0 Å². The summed E-state index contributed by atoms with van der Waals surface area (Å²) in [6.07, 6.45) is 0. The van der Waals surface area contributed by atoms with Crippen molar-refractivity contribution < 1.29 is 207 Å². The first-order valence-electron chi connectivity index (χ1n) is 0. The molecule has 0 atom stereocenters. The van der Waals surface area contributed by atoms with Crippen LogP contribution in [0.15, 0.2) is 0 Å². The van der Waals surface area contributed by atoms with Crippen molar-refractivity contribution in [2.24, 2.45) is 0 Å². The topological polar surface area (TPSA) is 0 Å². The molecule has 0 bridgehead atoms. The van der Waals surface area contributed by atoms with Gasteiger partial charge in [-0.15, -0.1) is 0 Å². The van der Waals surface area contributed by atoms with Gasteiger partial charge in [0.25, 0.3) is 0 Å². The molecule has 0 aliphatic rings. The minimum atomic E-state index is 0. The third kappa shape index (κ3) is 11.7. The van der Waals surface area contributed by atoms with Crippen LogP contribution in [0.25, 0.3) is 0 Å². The maximum absolute atomic E-state index is 0. The summed E-state index contributed by atoms with van der Waals surface area (Å²) >= 11 is 0. The Balaban J connectivity index is 0. The first-order chi connectivity index (χ1) is 0. The molecule has 4 heavy (non-hydrogen) atoms. The van der Waals surface area contributed by atoms with E-state index in [-0.39, 0.29) is 231 Å². The van der Waals surface area contributed by atoms with Crippen molar-refractivity contribution in [2.75, 3.05) is 0 Å². The average molecular weight is 527 g/mol. The van der Waals surface area contributed by atoms with Crippen molar-refractivity contribution in [1.82, 2.24) is 0 Å². The maximum atomic E-state index is 0. The van der Waals surface area contributed by atoms with E-state index >= 15 is 0 Å². The monoisotopic (exact) mass is 526 g/mol. The standard InChI is InChI=1S/3Cs.Sb.6H/q3*+1;-3;;;;;;. The molecule has 0 unspecified atom stereocenters. The molecule has 0 nitrogen and oxygen atoms in total. The molecule has 0 rings (SSSR count). The summed E-state index contributed by atoms with van der Waals surface area (Å²) in [5.74, 6) is 0. The van der Waals surface area contributed by atoms with Gasteiger partial charge >= 0.3 is 231 Å². The first-order valence-corrected chi connectivity index (χ1v) is 0. The van der Waals surface area contributed by atoms with E-state index in [2.05, 4.69) is 0 Å². The molecule has 0 saturated heterocycles. The van der Waals surface area contributed by atoms with E-state index in [0.717, 1.165) is 0 Å². The number of hydrogen-bond donors (Lipinski definition) is 0. The van der Waals surface area contributed by atoms with E-state index in [1.165, 1.54) is 0 Å².